The number of carbonyl (C=O) groups is 3. The van der Waals surface area contributed by atoms with Gasteiger partial charge in [0.2, 0.25) is 5.78 Å². The molecule has 4 rings (SSSR count). The van der Waals surface area contributed by atoms with E-state index in [-0.39, 0.29) is 22.9 Å². The third kappa shape index (κ3) is 4.84. The van der Waals surface area contributed by atoms with Gasteiger partial charge in [0.05, 0.1) is 11.5 Å². The minimum atomic E-state index is -0.597. The van der Waals surface area contributed by atoms with Crippen molar-refractivity contribution in [3.05, 3.63) is 131 Å². The molecule has 0 aliphatic heterocycles. The van der Waals surface area contributed by atoms with E-state index in [0.29, 0.717) is 22.4 Å². The molecule has 3 aromatic carbocycles. The highest BCUT2D eigenvalue weighted by Gasteiger charge is 2.23. The van der Waals surface area contributed by atoms with Gasteiger partial charge in [0, 0.05) is 17.3 Å². The molecule has 0 saturated carbocycles. The Morgan fingerprint density at radius 2 is 1.38 bits per heavy atom. The lowest BCUT2D eigenvalue weighted by Gasteiger charge is -2.14. The predicted octanol–water partition coefficient (Wildman–Crippen LogP) is 5.56. The number of ketones is 2. The van der Waals surface area contributed by atoms with Gasteiger partial charge in [0.25, 0.3) is 0 Å². The Kier molecular flexibility index (Phi) is 6.74. The largest absolute Gasteiger partial charge is 0.425 e. The van der Waals surface area contributed by atoms with Gasteiger partial charge >= 0.3 is 5.97 Å². The van der Waals surface area contributed by atoms with Gasteiger partial charge < -0.3 is 4.74 Å². The van der Waals surface area contributed by atoms with E-state index in [9.17, 15) is 14.4 Å². The van der Waals surface area contributed by atoms with Crippen molar-refractivity contribution in [2.24, 2.45) is 0 Å². The Bertz CT molecular complexity index is 1340. The molecule has 168 valence electrons. The van der Waals surface area contributed by atoms with E-state index in [0.717, 1.165) is 5.56 Å². The van der Waals surface area contributed by atoms with E-state index < -0.39 is 11.9 Å². The number of rotatable bonds is 7. The maximum absolute atomic E-state index is 13.0. The van der Waals surface area contributed by atoms with Gasteiger partial charge in [0.15, 0.2) is 5.78 Å². The molecule has 1 unspecified atom stereocenters. The molecule has 5 heteroatoms. The molecule has 0 aliphatic carbocycles. The van der Waals surface area contributed by atoms with Crippen molar-refractivity contribution in [2.75, 3.05) is 0 Å². The Balaban J connectivity index is 1.51. The lowest BCUT2D eigenvalue weighted by Crippen LogP contribution is -2.18. The van der Waals surface area contributed by atoms with Crippen molar-refractivity contribution in [3.63, 3.8) is 0 Å². The van der Waals surface area contributed by atoms with Crippen LogP contribution in [0.5, 0.6) is 5.75 Å². The van der Waals surface area contributed by atoms with Gasteiger partial charge in [-0.1, -0.05) is 72.8 Å². The summed E-state index contributed by atoms with van der Waals surface area (Å²) >= 11 is 0. The van der Waals surface area contributed by atoms with Gasteiger partial charge in [-0.3, -0.25) is 19.4 Å². The second kappa shape index (κ2) is 10.0. The fourth-order valence-corrected chi connectivity index (χ4v) is 3.61. The van der Waals surface area contributed by atoms with Crippen LogP contribution in [0.1, 0.15) is 55.9 Å². The summed E-state index contributed by atoms with van der Waals surface area (Å²) in [5.74, 6) is -1.30. The standard InChI is InChI=1S/C29H23NO4/c1-19-9-8-18-30-26(19)28(32)24-12-6-7-13-25(24)34-29(33)20(2)21-14-16-23(17-15-21)27(31)22-10-4-3-5-11-22/h3-18,20H,1-2H3. The number of aryl methyl sites for hydroxylation is 1. The summed E-state index contributed by atoms with van der Waals surface area (Å²) in [6, 6.07) is 26.1. The van der Waals surface area contributed by atoms with E-state index in [2.05, 4.69) is 4.98 Å². The van der Waals surface area contributed by atoms with Crippen molar-refractivity contribution < 1.29 is 19.1 Å². The fraction of sp³-hybridized carbons (Fsp3) is 0.103. The zero-order valence-electron chi connectivity index (χ0n) is 18.9. The third-order valence-corrected chi connectivity index (χ3v) is 5.63. The number of benzene rings is 3. The molecule has 5 nitrogen and oxygen atoms in total. The van der Waals surface area contributed by atoms with Crippen LogP contribution in [0.2, 0.25) is 0 Å². The molecule has 0 N–H and O–H groups in total. The zero-order chi connectivity index (χ0) is 24.1. The summed E-state index contributed by atoms with van der Waals surface area (Å²) in [5, 5.41) is 0. The molecule has 4 aromatic rings. The normalized spacial score (nSPS) is 11.5. The average Bonchev–Trinajstić information content (AvgIpc) is 2.88. The predicted molar refractivity (Wildman–Crippen MR) is 129 cm³/mol. The third-order valence-electron chi connectivity index (χ3n) is 5.63. The Morgan fingerprint density at radius 1 is 0.735 bits per heavy atom. The molecule has 0 bridgehead atoms. The Morgan fingerprint density at radius 3 is 2.09 bits per heavy atom. The van der Waals surface area contributed by atoms with Gasteiger partial charge in [-0.2, -0.15) is 0 Å². The van der Waals surface area contributed by atoms with Crippen LogP contribution in [-0.2, 0) is 4.79 Å². The van der Waals surface area contributed by atoms with E-state index in [1.807, 2.05) is 31.2 Å². The number of aromatic nitrogens is 1. The highest BCUT2D eigenvalue weighted by Crippen LogP contribution is 2.25. The van der Waals surface area contributed by atoms with Crippen LogP contribution in [0, 0.1) is 6.92 Å². The highest BCUT2D eigenvalue weighted by molar-refractivity contribution is 6.10. The maximum atomic E-state index is 13.0. The van der Waals surface area contributed by atoms with Crippen LogP contribution >= 0.6 is 0 Å². The highest BCUT2D eigenvalue weighted by atomic mass is 16.5. The van der Waals surface area contributed by atoms with E-state index in [1.165, 1.54) is 0 Å². The molecule has 0 amide bonds. The number of pyridine rings is 1. The molecule has 1 aromatic heterocycles. The SMILES string of the molecule is Cc1cccnc1C(=O)c1ccccc1OC(=O)C(C)c1ccc(C(=O)c2ccccc2)cc1. The first-order chi connectivity index (χ1) is 16.5. The van der Waals surface area contributed by atoms with E-state index >= 15 is 0 Å². The number of hydrogen-bond acceptors (Lipinski definition) is 5. The van der Waals surface area contributed by atoms with Crippen LogP contribution in [0.25, 0.3) is 0 Å². The maximum Gasteiger partial charge on any atom is 0.318 e. The molecule has 0 saturated heterocycles. The number of carbonyl (C=O) groups excluding carboxylic acids is 3. The van der Waals surface area contributed by atoms with Crippen molar-refractivity contribution in [2.45, 2.75) is 19.8 Å². The average molecular weight is 450 g/mol. The van der Waals surface area contributed by atoms with Crippen LogP contribution in [0.15, 0.2) is 97.2 Å². The van der Waals surface area contributed by atoms with Crippen LogP contribution in [0.3, 0.4) is 0 Å². The summed E-state index contributed by atoms with van der Waals surface area (Å²) in [5.41, 5.74) is 3.18. The molecular weight excluding hydrogens is 426 g/mol. The Hall–Kier alpha value is -4.38. The first kappa shape index (κ1) is 22.8. The van der Waals surface area contributed by atoms with Gasteiger partial charge in [-0.25, -0.2) is 0 Å². The second-order valence-corrected chi connectivity index (χ2v) is 7.95. The first-order valence-electron chi connectivity index (χ1n) is 10.9. The van der Waals surface area contributed by atoms with Gasteiger partial charge in [-0.05, 0) is 43.2 Å². The van der Waals surface area contributed by atoms with Crippen LogP contribution < -0.4 is 4.74 Å². The summed E-state index contributed by atoms with van der Waals surface area (Å²) in [6.45, 7) is 3.53. The topological polar surface area (TPSA) is 73.3 Å². The van der Waals surface area contributed by atoms with E-state index in [4.69, 9.17) is 4.74 Å². The van der Waals surface area contributed by atoms with Crippen molar-refractivity contribution in [1.82, 2.24) is 4.98 Å². The van der Waals surface area contributed by atoms with Crippen LogP contribution in [0.4, 0.5) is 0 Å². The van der Waals surface area contributed by atoms with Crippen molar-refractivity contribution in [1.29, 1.82) is 0 Å². The van der Waals surface area contributed by atoms with Crippen molar-refractivity contribution >= 4 is 17.5 Å². The number of esters is 1. The first-order valence-corrected chi connectivity index (χ1v) is 10.9. The van der Waals surface area contributed by atoms with Crippen LogP contribution in [-0.4, -0.2) is 22.5 Å². The van der Waals surface area contributed by atoms with Gasteiger partial charge in [0.1, 0.15) is 11.4 Å². The molecule has 34 heavy (non-hydrogen) atoms. The molecule has 1 atom stereocenters. The molecule has 0 radical (unpaired) electrons. The Labute approximate surface area is 198 Å². The number of hydrogen-bond donors (Lipinski definition) is 0. The summed E-state index contributed by atoms with van der Waals surface area (Å²) in [4.78, 5) is 42.8. The summed E-state index contributed by atoms with van der Waals surface area (Å²) < 4.78 is 5.64. The fourth-order valence-electron chi connectivity index (χ4n) is 3.61. The smallest absolute Gasteiger partial charge is 0.318 e. The molecular formula is C29H23NO4. The summed E-state index contributed by atoms with van der Waals surface area (Å²) in [6.07, 6.45) is 1.56. The second-order valence-electron chi connectivity index (χ2n) is 7.95. The minimum absolute atomic E-state index is 0.0837. The lowest BCUT2D eigenvalue weighted by molar-refractivity contribution is -0.135. The van der Waals surface area contributed by atoms with Gasteiger partial charge in [-0.15, -0.1) is 0 Å². The minimum Gasteiger partial charge on any atom is -0.425 e. The number of para-hydroxylation sites is 1. The van der Waals surface area contributed by atoms with Crippen molar-refractivity contribution in [3.8, 4) is 5.75 Å². The molecule has 0 fully saturated rings. The van der Waals surface area contributed by atoms with E-state index in [1.54, 1.807) is 79.9 Å². The lowest BCUT2D eigenvalue weighted by atomic mass is 9.97. The number of ether oxygens (including phenoxy) is 1. The molecule has 0 spiro atoms. The monoisotopic (exact) mass is 449 g/mol. The zero-order valence-corrected chi connectivity index (χ0v) is 18.9. The molecule has 1 heterocycles. The quantitative estimate of drug-likeness (QED) is 0.210. The summed E-state index contributed by atoms with van der Waals surface area (Å²) in [7, 11) is 0. The molecule has 0 aliphatic rings. The number of nitrogens with zero attached hydrogens (tertiary/aromatic N) is 1.